The zero-order valence-corrected chi connectivity index (χ0v) is 23.6. The van der Waals surface area contributed by atoms with Gasteiger partial charge in [-0.1, -0.05) is 12.1 Å². The van der Waals surface area contributed by atoms with Gasteiger partial charge in [0.25, 0.3) is 0 Å². The second-order valence-corrected chi connectivity index (χ2v) is 14.1. The van der Waals surface area contributed by atoms with E-state index < -0.39 is 20.0 Å². The SMILES string of the molecule is O=S(=O)(c1cccc2nsnc12)N1CCN(CCN2CCN(S(=O)(=O)c3cccc4nsnc34)CC2)CC1. The first-order chi connectivity index (χ1) is 18.3. The summed E-state index contributed by atoms with van der Waals surface area (Å²) in [5.74, 6) is 0. The molecule has 2 saturated heterocycles. The summed E-state index contributed by atoms with van der Waals surface area (Å²) in [7, 11) is -7.28. The topological polar surface area (TPSA) is 133 Å². The molecule has 16 heteroatoms. The molecule has 2 fully saturated rings. The van der Waals surface area contributed by atoms with E-state index >= 15 is 0 Å². The molecular weight excluding hydrogens is 569 g/mol. The number of benzene rings is 2. The predicted octanol–water partition coefficient (Wildman–Crippen LogP) is 1.01. The molecule has 2 aromatic carbocycles. The summed E-state index contributed by atoms with van der Waals surface area (Å²) in [6.07, 6.45) is 0. The number of aromatic nitrogens is 4. The Balaban J connectivity index is 1.01. The van der Waals surface area contributed by atoms with Crippen molar-refractivity contribution in [2.75, 3.05) is 65.4 Å². The first kappa shape index (κ1) is 26.1. The van der Waals surface area contributed by atoms with E-state index in [1.807, 2.05) is 0 Å². The minimum Gasteiger partial charge on any atom is -0.299 e. The van der Waals surface area contributed by atoms with Crippen LogP contribution >= 0.6 is 23.5 Å². The smallest absolute Gasteiger partial charge is 0.245 e. The molecule has 0 unspecified atom stereocenters. The fraction of sp³-hybridized carbons (Fsp3) is 0.455. The van der Waals surface area contributed by atoms with Crippen molar-refractivity contribution in [1.29, 1.82) is 0 Å². The zero-order valence-electron chi connectivity index (χ0n) is 20.4. The summed E-state index contributed by atoms with van der Waals surface area (Å²) in [4.78, 5) is 4.95. The lowest BCUT2D eigenvalue weighted by Crippen LogP contribution is -2.52. The third-order valence-corrected chi connectivity index (χ3v) is 12.1. The maximum Gasteiger partial charge on any atom is 0.245 e. The highest BCUT2D eigenvalue weighted by molar-refractivity contribution is 7.89. The molecule has 0 spiro atoms. The van der Waals surface area contributed by atoms with Gasteiger partial charge in [-0.05, 0) is 24.3 Å². The summed E-state index contributed by atoms with van der Waals surface area (Å²) < 4.78 is 72.8. The third-order valence-electron chi connectivity index (χ3n) is 7.13. The number of piperazine rings is 2. The fourth-order valence-corrected chi connectivity index (χ4v) is 9.28. The van der Waals surface area contributed by atoms with Gasteiger partial charge >= 0.3 is 0 Å². The van der Waals surface area contributed by atoms with Gasteiger partial charge in [-0.3, -0.25) is 9.80 Å². The van der Waals surface area contributed by atoms with Crippen LogP contribution in [0.5, 0.6) is 0 Å². The van der Waals surface area contributed by atoms with Gasteiger partial charge in [-0.15, -0.1) is 0 Å². The van der Waals surface area contributed by atoms with Gasteiger partial charge in [0.2, 0.25) is 20.0 Å². The monoisotopic (exact) mass is 594 g/mol. The standard InChI is InChI=1S/C22H26N8O4S4/c31-37(32,19-5-1-3-17-21(19)25-35-23-17)29-13-9-27(10-14-29)7-8-28-11-15-30(16-12-28)38(33,34)20-6-2-4-18-22(20)26-36-24-18/h1-6H,7-16H2. The van der Waals surface area contributed by atoms with Gasteiger partial charge in [-0.25, -0.2) is 16.8 Å². The van der Waals surface area contributed by atoms with Crippen LogP contribution in [0.15, 0.2) is 46.2 Å². The molecule has 38 heavy (non-hydrogen) atoms. The molecule has 0 amide bonds. The quantitative estimate of drug-likeness (QED) is 0.305. The highest BCUT2D eigenvalue weighted by Crippen LogP contribution is 2.26. The van der Waals surface area contributed by atoms with Gasteiger partial charge in [0, 0.05) is 65.4 Å². The van der Waals surface area contributed by atoms with E-state index in [0.29, 0.717) is 74.4 Å². The molecule has 0 N–H and O–H groups in total. The maximum atomic E-state index is 13.3. The second kappa shape index (κ2) is 10.4. The molecule has 4 heterocycles. The normalized spacial score (nSPS) is 19.5. The summed E-state index contributed by atoms with van der Waals surface area (Å²) in [5.41, 5.74) is 2.06. The molecule has 2 aliphatic heterocycles. The van der Waals surface area contributed by atoms with Gasteiger partial charge in [0.15, 0.2) is 0 Å². The average molecular weight is 595 g/mol. The molecule has 0 aliphatic carbocycles. The molecule has 4 aromatic rings. The van der Waals surface area contributed by atoms with E-state index in [-0.39, 0.29) is 9.79 Å². The van der Waals surface area contributed by atoms with Crippen molar-refractivity contribution in [3.63, 3.8) is 0 Å². The molecule has 0 atom stereocenters. The molecule has 0 saturated carbocycles. The Hall–Kier alpha value is -2.18. The van der Waals surface area contributed by atoms with Crippen LogP contribution in [0.25, 0.3) is 22.1 Å². The van der Waals surface area contributed by atoms with E-state index in [4.69, 9.17) is 0 Å². The van der Waals surface area contributed by atoms with E-state index in [9.17, 15) is 16.8 Å². The Labute approximate surface area is 229 Å². The number of rotatable bonds is 7. The van der Waals surface area contributed by atoms with Gasteiger partial charge in [-0.2, -0.15) is 26.1 Å². The fourth-order valence-electron chi connectivity index (χ4n) is 4.93. The summed E-state index contributed by atoms with van der Waals surface area (Å²) in [6, 6.07) is 10.1. The minimum atomic E-state index is -3.64. The van der Waals surface area contributed by atoms with Crippen molar-refractivity contribution in [1.82, 2.24) is 35.9 Å². The van der Waals surface area contributed by atoms with Crippen molar-refractivity contribution in [2.45, 2.75) is 9.79 Å². The summed E-state index contributed by atoms with van der Waals surface area (Å²) in [6.45, 7) is 5.84. The molecule has 6 rings (SSSR count). The average Bonchev–Trinajstić information content (AvgIpc) is 3.62. The van der Waals surface area contributed by atoms with E-state index in [1.165, 1.54) is 8.61 Å². The maximum absolute atomic E-state index is 13.3. The van der Waals surface area contributed by atoms with Gasteiger partial charge in [0.1, 0.15) is 31.9 Å². The van der Waals surface area contributed by atoms with Crippen LogP contribution in [-0.4, -0.2) is 118 Å². The zero-order chi connectivity index (χ0) is 26.3. The van der Waals surface area contributed by atoms with Crippen molar-refractivity contribution >= 4 is 65.6 Å². The lowest BCUT2D eigenvalue weighted by atomic mass is 10.3. The second-order valence-electron chi connectivity index (χ2n) is 9.27. The van der Waals surface area contributed by atoms with Crippen LogP contribution in [0.4, 0.5) is 0 Å². The number of sulfonamides is 2. The van der Waals surface area contributed by atoms with E-state index in [1.54, 1.807) is 36.4 Å². The minimum absolute atomic E-state index is 0.215. The number of nitrogens with zero attached hydrogens (tertiary/aromatic N) is 8. The number of hydrogen-bond donors (Lipinski definition) is 0. The molecule has 0 bridgehead atoms. The Morgan fingerprint density at radius 3 is 1.37 bits per heavy atom. The Bertz CT molecular complexity index is 1530. The Morgan fingerprint density at radius 1 is 0.579 bits per heavy atom. The summed E-state index contributed by atoms with van der Waals surface area (Å²) in [5, 5.41) is 0. The van der Waals surface area contributed by atoms with Crippen LogP contribution in [0.1, 0.15) is 0 Å². The van der Waals surface area contributed by atoms with Crippen LogP contribution in [0, 0.1) is 0 Å². The predicted molar refractivity (Wildman–Crippen MR) is 145 cm³/mol. The van der Waals surface area contributed by atoms with Crippen LogP contribution < -0.4 is 0 Å². The first-order valence-corrected chi connectivity index (χ1v) is 16.6. The molecule has 202 valence electrons. The third kappa shape index (κ3) is 4.83. The van der Waals surface area contributed by atoms with Gasteiger partial charge < -0.3 is 0 Å². The lowest BCUT2D eigenvalue weighted by Gasteiger charge is -2.37. The molecular formula is C22H26N8O4S4. The molecule has 0 radical (unpaired) electrons. The van der Waals surface area contributed by atoms with Crippen molar-refractivity contribution in [3.05, 3.63) is 36.4 Å². The van der Waals surface area contributed by atoms with Crippen LogP contribution in [0.3, 0.4) is 0 Å². The van der Waals surface area contributed by atoms with Crippen LogP contribution in [0.2, 0.25) is 0 Å². The lowest BCUT2D eigenvalue weighted by molar-refractivity contribution is 0.137. The first-order valence-electron chi connectivity index (χ1n) is 12.2. The Morgan fingerprint density at radius 2 is 0.974 bits per heavy atom. The number of hydrogen-bond acceptors (Lipinski definition) is 12. The number of fused-ring (bicyclic) bond motifs is 2. The van der Waals surface area contributed by atoms with Crippen molar-refractivity contribution < 1.29 is 16.8 Å². The molecule has 2 aromatic heterocycles. The van der Waals surface area contributed by atoms with E-state index in [2.05, 4.69) is 27.3 Å². The van der Waals surface area contributed by atoms with Crippen molar-refractivity contribution in [2.24, 2.45) is 0 Å². The highest BCUT2D eigenvalue weighted by atomic mass is 32.2. The van der Waals surface area contributed by atoms with Gasteiger partial charge in [0.05, 0.1) is 23.5 Å². The Kier molecular flexibility index (Phi) is 7.15. The largest absolute Gasteiger partial charge is 0.299 e. The summed E-state index contributed by atoms with van der Waals surface area (Å²) >= 11 is 2.03. The molecule has 12 nitrogen and oxygen atoms in total. The highest BCUT2D eigenvalue weighted by Gasteiger charge is 2.32. The molecule has 2 aliphatic rings. The van der Waals surface area contributed by atoms with E-state index in [0.717, 1.165) is 36.5 Å². The van der Waals surface area contributed by atoms with Crippen molar-refractivity contribution in [3.8, 4) is 0 Å². The van der Waals surface area contributed by atoms with Crippen LogP contribution in [-0.2, 0) is 20.0 Å².